The third-order valence-corrected chi connectivity index (χ3v) is 3.20. The maximum Gasteiger partial charge on any atom is 0.276 e. The van der Waals surface area contributed by atoms with Crippen LogP contribution in [0.1, 0.15) is 21.7 Å². The molecule has 0 aliphatic rings. The molecule has 0 saturated carbocycles. The van der Waals surface area contributed by atoms with Crippen LogP contribution in [0.5, 0.6) is 0 Å². The Bertz CT molecular complexity index is 833. The summed E-state index contributed by atoms with van der Waals surface area (Å²) in [4.78, 5) is 11.8. The zero-order valence-corrected chi connectivity index (χ0v) is 12.1. The van der Waals surface area contributed by atoms with Crippen molar-refractivity contribution >= 4 is 17.4 Å². The van der Waals surface area contributed by atoms with Crippen LogP contribution in [-0.4, -0.2) is 26.0 Å². The predicted octanol–water partition coefficient (Wildman–Crippen LogP) is 2.28. The number of furan rings is 1. The molecule has 1 aromatic carbocycles. The second-order valence-corrected chi connectivity index (χ2v) is 4.95. The Morgan fingerprint density at radius 1 is 1.30 bits per heavy atom. The van der Waals surface area contributed by atoms with E-state index in [2.05, 4.69) is 10.3 Å². The lowest BCUT2D eigenvalue weighted by Crippen LogP contribution is -2.08. The normalized spacial score (nSPS) is 11.6. The van der Waals surface area contributed by atoms with Crippen LogP contribution in [0.25, 0.3) is 5.76 Å². The van der Waals surface area contributed by atoms with Gasteiger partial charge in [0.2, 0.25) is 0 Å². The molecule has 0 radical (unpaired) electrons. The van der Waals surface area contributed by atoms with Crippen LogP contribution in [0.15, 0.2) is 59.5 Å². The number of allylic oxidation sites excluding steroid dienone is 1. The van der Waals surface area contributed by atoms with Crippen molar-refractivity contribution in [2.24, 2.45) is 0 Å². The van der Waals surface area contributed by atoms with E-state index < -0.39 is 5.91 Å². The molecule has 2 heterocycles. The van der Waals surface area contributed by atoms with Gasteiger partial charge in [0.15, 0.2) is 11.5 Å². The number of carbonyl (C=O) groups excluding carboxylic acids is 1. The van der Waals surface area contributed by atoms with E-state index in [1.165, 1.54) is 18.7 Å². The van der Waals surface area contributed by atoms with Gasteiger partial charge in [0.1, 0.15) is 0 Å². The summed E-state index contributed by atoms with van der Waals surface area (Å²) in [6.07, 6.45) is 5.96. The number of carbonyl (C=O) groups is 1. The van der Waals surface area contributed by atoms with E-state index in [-0.39, 0.29) is 11.5 Å². The van der Waals surface area contributed by atoms with Gasteiger partial charge in [-0.2, -0.15) is 4.68 Å². The first-order chi connectivity index (χ1) is 11.1. The van der Waals surface area contributed by atoms with Gasteiger partial charge in [-0.05, 0) is 29.3 Å². The highest BCUT2D eigenvalue weighted by Gasteiger charge is 2.10. The van der Waals surface area contributed by atoms with Gasteiger partial charge < -0.3 is 15.3 Å². The molecule has 23 heavy (non-hydrogen) atoms. The highest BCUT2D eigenvalue weighted by atomic mass is 16.4. The van der Waals surface area contributed by atoms with Crippen molar-refractivity contribution < 1.29 is 14.3 Å². The topological polar surface area (TPSA) is 107 Å². The Morgan fingerprint density at radius 3 is 2.78 bits per heavy atom. The summed E-state index contributed by atoms with van der Waals surface area (Å²) in [5.74, 6) is -0.575. The summed E-state index contributed by atoms with van der Waals surface area (Å²) >= 11 is 0. The van der Waals surface area contributed by atoms with Gasteiger partial charge in [-0.3, -0.25) is 4.79 Å². The molecule has 0 fully saturated rings. The van der Waals surface area contributed by atoms with Crippen LogP contribution in [0.3, 0.4) is 0 Å². The fourth-order valence-electron chi connectivity index (χ4n) is 2.05. The van der Waals surface area contributed by atoms with E-state index in [4.69, 9.17) is 10.2 Å². The first kappa shape index (κ1) is 14.6. The number of nitrogen functional groups attached to an aromatic ring is 1. The quantitative estimate of drug-likeness (QED) is 0.435. The van der Waals surface area contributed by atoms with Gasteiger partial charge in [-0.15, -0.1) is 5.10 Å². The van der Waals surface area contributed by atoms with Crippen molar-refractivity contribution in [3.05, 3.63) is 72.0 Å². The number of nitrogens with zero attached hydrogens (tertiary/aromatic N) is 3. The Balaban J connectivity index is 1.73. The van der Waals surface area contributed by atoms with Gasteiger partial charge in [-0.25, -0.2) is 0 Å². The fourth-order valence-corrected chi connectivity index (χ4v) is 2.05. The zero-order valence-electron chi connectivity index (χ0n) is 12.1. The van der Waals surface area contributed by atoms with Crippen molar-refractivity contribution in [2.45, 2.75) is 6.42 Å². The Labute approximate surface area is 131 Å². The molecule has 3 N–H and O–H groups in total. The average Bonchev–Trinajstić information content (AvgIpc) is 3.21. The number of hydrogen-bond donors (Lipinski definition) is 2. The van der Waals surface area contributed by atoms with Crippen molar-refractivity contribution in [3.63, 3.8) is 0 Å². The summed E-state index contributed by atoms with van der Waals surface area (Å²) in [7, 11) is 0. The number of hydrogen-bond acceptors (Lipinski definition) is 6. The standard InChI is InChI=1S/C16H14N4O3/c17-13-3-1-11(2-4-13)7-12-8-15(23-10-12)14(21)9-16(22)20-6-5-18-19-20/h1-6,8-10,21H,7,17H2. The highest BCUT2D eigenvalue weighted by molar-refractivity contribution is 5.94. The molecule has 116 valence electrons. The molecule has 0 saturated heterocycles. The minimum Gasteiger partial charge on any atom is -0.504 e. The van der Waals surface area contributed by atoms with E-state index >= 15 is 0 Å². The van der Waals surface area contributed by atoms with Gasteiger partial charge in [0.25, 0.3) is 5.91 Å². The first-order valence-electron chi connectivity index (χ1n) is 6.85. The van der Waals surface area contributed by atoms with Gasteiger partial charge >= 0.3 is 0 Å². The molecule has 3 rings (SSSR count). The molecule has 0 aliphatic heterocycles. The number of anilines is 1. The van der Waals surface area contributed by atoms with E-state index in [1.54, 1.807) is 6.07 Å². The third kappa shape index (κ3) is 3.46. The summed E-state index contributed by atoms with van der Waals surface area (Å²) in [6.45, 7) is 0. The lowest BCUT2D eigenvalue weighted by molar-refractivity contribution is 0.0951. The van der Waals surface area contributed by atoms with Crippen LogP contribution in [0, 0.1) is 0 Å². The molecule has 0 spiro atoms. The summed E-state index contributed by atoms with van der Waals surface area (Å²) in [5, 5.41) is 17.1. The van der Waals surface area contributed by atoms with Crippen LogP contribution >= 0.6 is 0 Å². The lowest BCUT2D eigenvalue weighted by atomic mass is 10.1. The molecule has 7 nitrogen and oxygen atoms in total. The van der Waals surface area contributed by atoms with Gasteiger partial charge in [0.05, 0.1) is 24.7 Å². The average molecular weight is 310 g/mol. The largest absolute Gasteiger partial charge is 0.504 e. The molecule has 0 aliphatic carbocycles. The van der Waals surface area contributed by atoms with Crippen LogP contribution < -0.4 is 5.73 Å². The van der Waals surface area contributed by atoms with E-state index in [0.29, 0.717) is 12.1 Å². The minimum absolute atomic E-state index is 0.212. The number of aliphatic hydroxyl groups excluding tert-OH is 1. The number of rotatable bonds is 4. The Hall–Kier alpha value is -3.35. The molecule has 3 aromatic rings. The van der Waals surface area contributed by atoms with Gasteiger partial charge in [0, 0.05) is 12.1 Å². The van der Waals surface area contributed by atoms with Crippen molar-refractivity contribution in [3.8, 4) is 0 Å². The van der Waals surface area contributed by atoms with E-state index in [0.717, 1.165) is 21.9 Å². The Kier molecular flexibility index (Phi) is 3.92. The SMILES string of the molecule is Nc1ccc(Cc2coc(C(O)=CC(=O)n3ccnn3)c2)cc1. The minimum atomic E-state index is -0.517. The smallest absolute Gasteiger partial charge is 0.276 e. The van der Waals surface area contributed by atoms with Crippen LogP contribution in [0.4, 0.5) is 5.69 Å². The number of nitrogens with two attached hydrogens (primary N) is 1. The van der Waals surface area contributed by atoms with Gasteiger partial charge in [-0.1, -0.05) is 17.3 Å². The zero-order chi connectivity index (χ0) is 16.2. The van der Waals surface area contributed by atoms with Crippen molar-refractivity contribution in [1.29, 1.82) is 0 Å². The lowest BCUT2D eigenvalue weighted by Gasteiger charge is -1.98. The molecule has 0 atom stereocenters. The molecule has 0 bridgehead atoms. The van der Waals surface area contributed by atoms with E-state index in [9.17, 15) is 9.90 Å². The molecular weight excluding hydrogens is 296 g/mol. The Morgan fingerprint density at radius 2 is 2.09 bits per heavy atom. The maximum atomic E-state index is 11.8. The summed E-state index contributed by atoms with van der Waals surface area (Å²) in [5.41, 5.74) is 8.29. The second-order valence-electron chi connectivity index (χ2n) is 4.95. The first-order valence-corrected chi connectivity index (χ1v) is 6.85. The molecule has 0 unspecified atom stereocenters. The third-order valence-electron chi connectivity index (χ3n) is 3.20. The summed E-state index contributed by atoms with van der Waals surface area (Å²) in [6, 6.07) is 9.17. The van der Waals surface area contributed by atoms with Crippen LogP contribution in [-0.2, 0) is 6.42 Å². The summed E-state index contributed by atoms with van der Waals surface area (Å²) < 4.78 is 6.31. The monoisotopic (exact) mass is 310 g/mol. The molecular formula is C16H14N4O3. The molecule has 2 aromatic heterocycles. The number of benzene rings is 1. The highest BCUT2D eigenvalue weighted by Crippen LogP contribution is 2.19. The fraction of sp³-hybridized carbons (Fsp3) is 0.0625. The van der Waals surface area contributed by atoms with Crippen LogP contribution in [0.2, 0.25) is 0 Å². The number of aliphatic hydroxyl groups is 1. The number of aromatic nitrogens is 3. The van der Waals surface area contributed by atoms with E-state index in [1.807, 2.05) is 24.3 Å². The predicted molar refractivity (Wildman–Crippen MR) is 83.6 cm³/mol. The second kappa shape index (κ2) is 6.18. The molecule has 7 heteroatoms. The molecule has 0 amide bonds. The maximum absolute atomic E-state index is 11.8. The van der Waals surface area contributed by atoms with Crippen molar-refractivity contribution in [1.82, 2.24) is 15.0 Å². The van der Waals surface area contributed by atoms with Crippen molar-refractivity contribution in [2.75, 3.05) is 5.73 Å².